The predicted molar refractivity (Wildman–Crippen MR) is 98.6 cm³/mol. The molecule has 0 aliphatic rings. The molecular formula is C22H26N2+2. The molecular weight excluding hydrogens is 292 g/mol. The average Bonchev–Trinajstić information content (AvgIpc) is 2.52. The molecule has 0 N–H and O–H groups in total. The van der Waals surface area contributed by atoms with Crippen molar-refractivity contribution in [2.24, 2.45) is 14.1 Å². The van der Waals surface area contributed by atoms with Gasteiger partial charge >= 0.3 is 0 Å². The number of nitrogens with zero attached hydrogens (tertiary/aromatic N) is 2. The molecule has 0 aliphatic heterocycles. The Morgan fingerprint density at radius 1 is 0.667 bits per heavy atom. The summed E-state index contributed by atoms with van der Waals surface area (Å²) in [6, 6.07) is 13.1. The number of rotatable bonds is 2. The third kappa shape index (κ3) is 2.73. The highest BCUT2D eigenvalue weighted by Gasteiger charge is 2.23. The Kier molecular flexibility index (Phi) is 4.23. The standard InChI is InChI=1S/C22H26N2/c1-15-10-12-24(6)20(13-15)22-17(3)14-16(2)21(18(22)4)19-9-7-8-11-23(19)5/h7-14H,1-6H3/q+2. The molecule has 0 saturated heterocycles. The van der Waals surface area contributed by atoms with E-state index in [1.165, 1.54) is 44.8 Å². The van der Waals surface area contributed by atoms with Crippen LogP contribution in [0.15, 0.2) is 48.8 Å². The number of benzene rings is 1. The summed E-state index contributed by atoms with van der Waals surface area (Å²) in [5.74, 6) is 0. The molecule has 0 amide bonds. The molecule has 0 spiro atoms. The highest BCUT2D eigenvalue weighted by atomic mass is 14.9. The van der Waals surface area contributed by atoms with Crippen LogP contribution in [0.2, 0.25) is 0 Å². The molecule has 2 heterocycles. The molecule has 0 radical (unpaired) electrons. The predicted octanol–water partition coefficient (Wildman–Crippen LogP) is 3.90. The van der Waals surface area contributed by atoms with Crippen LogP contribution in [0, 0.1) is 27.7 Å². The lowest BCUT2D eigenvalue weighted by Crippen LogP contribution is -2.32. The molecule has 1 aromatic carbocycles. The molecule has 0 aliphatic carbocycles. The first-order chi connectivity index (χ1) is 11.4. The zero-order valence-corrected chi connectivity index (χ0v) is 15.5. The topological polar surface area (TPSA) is 7.76 Å². The Morgan fingerprint density at radius 2 is 1.29 bits per heavy atom. The first kappa shape index (κ1) is 16.4. The molecule has 2 heteroatoms. The van der Waals surface area contributed by atoms with E-state index in [9.17, 15) is 0 Å². The number of aryl methyl sites for hydroxylation is 5. The summed E-state index contributed by atoms with van der Waals surface area (Å²) in [6.07, 6.45) is 4.26. The second-order valence-electron chi connectivity index (χ2n) is 6.78. The Bertz CT molecular complexity index is 923. The van der Waals surface area contributed by atoms with E-state index in [-0.39, 0.29) is 0 Å². The van der Waals surface area contributed by atoms with Crippen LogP contribution < -0.4 is 9.13 Å². The van der Waals surface area contributed by atoms with Crippen LogP contribution in [0.1, 0.15) is 22.3 Å². The fraction of sp³-hybridized carbons (Fsp3) is 0.273. The molecule has 3 rings (SSSR count). The average molecular weight is 318 g/mol. The highest BCUT2D eigenvalue weighted by Crippen LogP contribution is 2.34. The molecule has 2 nitrogen and oxygen atoms in total. The van der Waals surface area contributed by atoms with E-state index in [1.807, 2.05) is 0 Å². The zero-order valence-electron chi connectivity index (χ0n) is 15.5. The van der Waals surface area contributed by atoms with Gasteiger partial charge in [0.05, 0.1) is 11.1 Å². The lowest BCUT2D eigenvalue weighted by Gasteiger charge is -2.15. The second kappa shape index (κ2) is 6.20. The summed E-state index contributed by atoms with van der Waals surface area (Å²) in [7, 11) is 4.23. The van der Waals surface area contributed by atoms with Crippen molar-refractivity contribution in [2.45, 2.75) is 27.7 Å². The molecule has 122 valence electrons. The maximum absolute atomic E-state index is 2.31. The second-order valence-corrected chi connectivity index (χ2v) is 6.78. The summed E-state index contributed by atoms with van der Waals surface area (Å²) in [5, 5.41) is 0. The largest absolute Gasteiger partial charge is 0.213 e. The normalized spacial score (nSPS) is 10.9. The maximum atomic E-state index is 2.31. The van der Waals surface area contributed by atoms with Gasteiger partial charge in [0.15, 0.2) is 12.4 Å². The van der Waals surface area contributed by atoms with E-state index >= 15 is 0 Å². The Morgan fingerprint density at radius 3 is 1.96 bits per heavy atom. The van der Waals surface area contributed by atoms with Crippen molar-refractivity contribution < 1.29 is 9.13 Å². The number of hydrogen-bond donors (Lipinski definition) is 0. The summed E-state index contributed by atoms with van der Waals surface area (Å²) in [6.45, 7) is 8.83. The molecule has 3 aromatic rings. The Labute approximate surface area is 145 Å². The third-order valence-corrected chi connectivity index (χ3v) is 4.84. The van der Waals surface area contributed by atoms with Gasteiger partial charge in [0, 0.05) is 24.3 Å². The van der Waals surface area contributed by atoms with Gasteiger partial charge in [-0.15, -0.1) is 0 Å². The lowest BCUT2D eigenvalue weighted by molar-refractivity contribution is -0.660. The van der Waals surface area contributed by atoms with Crippen molar-refractivity contribution in [3.8, 4) is 22.5 Å². The lowest BCUT2D eigenvalue weighted by atomic mass is 9.89. The van der Waals surface area contributed by atoms with Gasteiger partial charge in [-0.1, -0.05) is 6.07 Å². The molecule has 0 atom stereocenters. The van der Waals surface area contributed by atoms with Crippen molar-refractivity contribution >= 4 is 0 Å². The van der Waals surface area contributed by atoms with Gasteiger partial charge < -0.3 is 0 Å². The first-order valence-corrected chi connectivity index (χ1v) is 8.42. The van der Waals surface area contributed by atoms with Crippen LogP contribution in [-0.2, 0) is 14.1 Å². The Hall–Kier alpha value is -2.48. The maximum Gasteiger partial charge on any atom is 0.213 e. The van der Waals surface area contributed by atoms with Gasteiger partial charge in [0.25, 0.3) is 0 Å². The van der Waals surface area contributed by atoms with Gasteiger partial charge in [-0.3, -0.25) is 0 Å². The van der Waals surface area contributed by atoms with E-state index in [2.05, 4.69) is 99.7 Å². The third-order valence-electron chi connectivity index (χ3n) is 4.84. The van der Waals surface area contributed by atoms with E-state index in [1.54, 1.807) is 0 Å². The number of aromatic nitrogens is 2. The monoisotopic (exact) mass is 318 g/mol. The van der Waals surface area contributed by atoms with Crippen molar-refractivity contribution in [1.82, 2.24) is 0 Å². The number of pyridine rings is 2. The minimum atomic E-state index is 1.25. The quantitative estimate of drug-likeness (QED) is 0.633. The van der Waals surface area contributed by atoms with Crippen LogP contribution in [0.4, 0.5) is 0 Å². The van der Waals surface area contributed by atoms with E-state index in [0.717, 1.165) is 0 Å². The van der Waals surface area contributed by atoms with E-state index in [0.29, 0.717) is 0 Å². The summed E-state index contributed by atoms with van der Waals surface area (Å²) >= 11 is 0. The van der Waals surface area contributed by atoms with Crippen LogP contribution >= 0.6 is 0 Å². The minimum Gasteiger partial charge on any atom is -0.201 e. The SMILES string of the molecule is Cc1cc[n+](C)c(-c2c(C)cc(C)c(-c3cccc[n+]3C)c2C)c1. The Balaban J connectivity index is 2.36. The molecule has 0 saturated carbocycles. The van der Waals surface area contributed by atoms with Crippen molar-refractivity contribution in [3.63, 3.8) is 0 Å². The van der Waals surface area contributed by atoms with Crippen LogP contribution in [0.3, 0.4) is 0 Å². The highest BCUT2D eigenvalue weighted by molar-refractivity contribution is 5.78. The van der Waals surface area contributed by atoms with Gasteiger partial charge in [0.2, 0.25) is 11.4 Å². The summed E-state index contributed by atoms with van der Waals surface area (Å²) in [5.41, 5.74) is 10.5. The molecule has 0 fully saturated rings. The fourth-order valence-electron chi connectivity index (χ4n) is 3.68. The van der Waals surface area contributed by atoms with Crippen molar-refractivity contribution in [3.05, 3.63) is 71.0 Å². The van der Waals surface area contributed by atoms with Gasteiger partial charge in [0.1, 0.15) is 14.1 Å². The zero-order chi connectivity index (χ0) is 17.4. The molecule has 2 aromatic heterocycles. The van der Waals surface area contributed by atoms with Gasteiger partial charge in [-0.05, 0) is 56.0 Å². The van der Waals surface area contributed by atoms with Crippen molar-refractivity contribution in [2.75, 3.05) is 0 Å². The molecule has 0 unspecified atom stereocenters. The minimum absolute atomic E-state index is 1.25. The fourth-order valence-corrected chi connectivity index (χ4v) is 3.68. The van der Waals surface area contributed by atoms with Gasteiger partial charge in [-0.2, -0.15) is 0 Å². The molecule has 0 bridgehead atoms. The van der Waals surface area contributed by atoms with Crippen molar-refractivity contribution in [1.29, 1.82) is 0 Å². The van der Waals surface area contributed by atoms with E-state index in [4.69, 9.17) is 0 Å². The smallest absolute Gasteiger partial charge is 0.201 e. The number of hydrogen-bond acceptors (Lipinski definition) is 0. The van der Waals surface area contributed by atoms with Gasteiger partial charge in [-0.25, -0.2) is 9.13 Å². The van der Waals surface area contributed by atoms with E-state index < -0.39 is 0 Å². The first-order valence-electron chi connectivity index (χ1n) is 8.42. The van der Waals surface area contributed by atoms with Crippen LogP contribution in [0.5, 0.6) is 0 Å². The van der Waals surface area contributed by atoms with Crippen LogP contribution in [-0.4, -0.2) is 0 Å². The molecule has 24 heavy (non-hydrogen) atoms. The summed E-state index contributed by atoms with van der Waals surface area (Å²) < 4.78 is 4.41. The van der Waals surface area contributed by atoms with Crippen LogP contribution in [0.25, 0.3) is 22.5 Å². The summed E-state index contributed by atoms with van der Waals surface area (Å²) in [4.78, 5) is 0.